The third kappa shape index (κ3) is 2.43. The van der Waals surface area contributed by atoms with Crippen LogP contribution in [0.2, 0.25) is 0 Å². The first-order chi connectivity index (χ1) is 8.33. The quantitative estimate of drug-likeness (QED) is 0.613. The molecule has 1 aromatic rings. The number of hydrogen-bond acceptors (Lipinski definition) is 1. The Labute approximate surface area is 102 Å². The van der Waals surface area contributed by atoms with Crippen molar-refractivity contribution in [2.24, 2.45) is 10.7 Å². The molecule has 3 rings (SSSR count). The molecule has 0 heterocycles. The lowest BCUT2D eigenvalue weighted by Crippen LogP contribution is -2.33. The third-order valence-electron chi connectivity index (χ3n) is 3.67. The molecule has 3 N–H and O–H groups in total. The summed E-state index contributed by atoms with van der Waals surface area (Å²) < 4.78 is 0. The molecule has 1 unspecified atom stereocenters. The van der Waals surface area contributed by atoms with E-state index >= 15 is 0 Å². The van der Waals surface area contributed by atoms with Crippen molar-refractivity contribution in [2.45, 2.75) is 37.6 Å². The molecule has 2 aliphatic carbocycles. The van der Waals surface area contributed by atoms with Gasteiger partial charge in [0.25, 0.3) is 0 Å². The van der Waals surface area contributed by atoms with Gasteiger partial charge >= 0.3 is 0 Å². The lowest BCUT2D eigenvalue weighted by atomic mass is 10.0. The van der Waals surface area contributed by atoms with Crippen molar-refractivity contribution in [2.75, 3.05) is 6.54 Å². The van der Waals surface area contributed by atoms with Crippen LogP contribution in [0.25, 0.3) is 0 Å². The summed E-state index contributed by atoms with van der Waals surface area (Å²) in [6.45, 7) is 0.822. The summed E-state index contributed by atoms with van der Waals surface area (Å²) in [5, 5.41) is 3.23. The normalized spacial score (nSPS) is 23.5. The molecule has 2 aliphatic rings. The molecule has 1 aromatic carbocycles. The Hall–Kier alpha value is -1.51. The largest absolute Gasteiger partial charge is 0.370 e. The fourth-order valence-corrected chi connectivity index (χ4v) is 2.53. The topological polar surface area (TPSA) is 50.4 Å². The van der Waals surface area contributed by atoms with Crippen molar-refractivity contribution in [3.63, 3.8) is 0 Å². The summed E-state index contributed by atoms with van der Waals surface area (Å²) in [5.41, 5.74) is 8.81. The summed E-state index contributed by atoms with van der Waals surface area (Å²) in [6.07, 6.45) is 4.87. The average Bonchev–Trinajstić information content (AvgIpc) is 3.06. The van der Waals surface area contributed by atoms with Crippen molar-refractivity contribution in [1.29, 1.82) is 0 Å². The van der Waals surface area contributed by atoms with E-state index in [4.69, 9.17) is 5.73 Å². The first kappa shape index (κ1) is 10.6. The molecule has 3 nitrogen and oxygen atoms in total. The standard InChI is InChI=1S/C14H19N3/c15-14(17-12-7-8-12)16-9-11-6-5-10-3-1-2-4-13(10)11/h1-4,11-12H,5-9H2,(H3,15,16,17). The molecule has 1 saturated carbocycles. The minimum absolute atomic E-state index is 0.561. The molecule has 0 spiro atoms. The van der Waals surface area contributed by atoms with E-state index in [0.717, 1.165) is 6.54 Å². The van der Waals surface area contributed by atoms with E-state index in [2.05, 4.69) is 34.6 Å². The number of benzene rings is 1. The van der Waals surface area contributed by atoms with Crippen molar-refractivity contribution < 1.29 is 0 Å². The van der Waals surface area contributed by atoms with E-state index in [0.29, 0.717) is 17.9 Å². The molecule has 0 aromatic heterocycles. The Morgan fingerprint density at radius 3 is 2.94 bits per heavy atom. The minimum Gasteiger partial charge on any atom is -0.370 e. The Morgan fingerprint density at radius 2 is 2.12 bits per heavy atom. The van der Waals surface area contributed by atoms with Crippen LogP contribution in [-0.4, -0.2) is 18.5 Å². The summed E-state index contributed by atoms with van der Waals surface area (Å²) in [7, 11) is 0. The van der Waals surface area contributed by atoms with Crippen LogP contribution in [-0.2, 0) is 6.42 Å². The van der Waals surface area contributed by atoms with E-state index in [1.165, 1.54) is 36.8 Å². The number of aliphatic imine (C=N–C) groups is 1. The Morgan fingerprint density at radius 1 is 1.29 bits per heavy atom. The van der Waals surface area contributed by atoms with Gasteiger partial charge in [0.05, 0.1) is 0 Å². The highest BCUT2D eigenvalue weighted by atomic mass is 15.1. The van der Waals surface area contributed by atoms with Crippen LogP contribution >= 0.6 is 0 Å². The van der Waals surface area contributed by atoms with Gasteiger partial charge < -0.3 is 11.1 Å². The maximum Gasteiger partial charge on any atom is 0.188 e. The summed E-state index contributed by atoms with van der Waals surface area (Å²) in [5.74, 6) is 1.18. The zero-order chi connectivity index (χ0) is 11.7. The Kier molecular flexibility index (Phi) is 2.75. The number of nitrogens with two attached hydrogens (primary N) is 1. The van der Waals surface area contributed by atoms with Crippen LogP contribution in [0.1, 0.15) is 36.3 Å². The van der Waals surface area contributed by atoms with Crippen molar-refractivity contribution in [3.8, 4) is 0 Å². The summed E-state index contributed by atoms with van der Waals surface area (Å²) in [4.78, 5) is 4.47. The molecule has 0 radical (unpaired) electrons. The van der Waals surface area contributed by atoms with E-state index in [1.807, 2.05) is 0 Å². The van der Waals surface area contributed by atoms with E-state index in [1.54, 1.807) is 0 Å². The molecular weight excluding hydrogens is 210 g/mol. The van der Waals surface area contributed by atoms with Gasteiger partial charge in [0.15, 0.2) is 5.96 Å². The molecule has 1 fully saturated rings. The highest BCUT2D eigenvalue weighted by Crippen LogP contribution is 2.32. The number of fused-ring (bicyclic) bond motifs is 1. The fourth-order valence-electron chi connectivity index (χ4n) is 2.53. The second kappa shape index (κ2) is 4.40. The number of rotatable bonds is 3. The number of hydrogen-bond donors (Lipinski definition) is 2. The first-order valence-electron chi connectivity index (χ1n) is 6.47. The van der Waals surface area contributed by atoms with Gasteiger partial charge in [-0.3, -0.25) is 4.99 Å². The monoisotopic (exact) mass is 229 g/mol. The molecule has 0 bridgehead atoms. The molecular formula is C14H19N3. The zero-order valence-electron chi connectivity index (χ0n) is 10.0. The Balaban J connectivity index is 1.62. The lowest BCUT2D eigenvalue weighted by molar-refractivity contribution is 0.685. The highest BCUT2D eigenvalue weighted by molar-refractivity contribution is 5.78. The first-order valence-corrected chi connectivity index (χ1v) is 6.47. The maximum absolute atomic E-state index is 5.85. The molecule has 0 amide bonds. The van der Waals surface area contributed by atoms with E-state index < -0.39 is 0 Å². The summed E-state index contributed by atoms with van der Waals surface area (Å²) >= 11 is 0. The SMILES string of the molecule is NC(=NCC1CCc2ccccc21)NC1CC1. The molecule has 90 valence electrons. The average molecular weight is 229 g/mol. The van der Waals surface area contributed by atoms with Crippen LogP contribution in [0.4, 0.5) is 0 Å². The maximum atomic E-state index is 5.85. The van der Waals surface area contributed by atoms with Crippen LogP contribution < -0.4 is 11.1 Å². The van der Waals surface area contributed by atoms with Crippen LogP contribution in [0.15, 0.2) is 29.3 Å². The minimum atomic E-state index is 0.561. The highest BCUT2D eigenvalue weighted by Gasteiger charge is 2.23. The van der Waals surface area contributed by atoms with Gasteiger partial charge in [-0.05, 0) is 36.8 Å². The second-order valence-corrected chi connectivity index (χ2v) is 5.08. The van der Waals surface area contributed by atoms with Crippen LogP contribution in [0.5, 0.6) is 0 Å². The van der Waals surface area contributed by atoms with Crippen molar-refractivity contribution in [3.05, 3.63) is 35.4 Å². The number of aryl methyl sites for hydroxylation is 1. The van der Waals surface area contributed by atoms with Crippen molar-refractivity contribution in [1.82, 2.24) is 5.32 Å². The number of nitrogens with one attached hydrogen (secondary N) is 1. The molecule has 0 aliphatic heterocycles. The lowest BCUT2D eigenvalue weighted by Gasteiger charge is -2.09. The fraction of sp³-hybridized carbons (Fsp3) is 0.500. The predicted octanol–water partition coefficient (Wildman–Crippen LogP) is 1.78. The molecule has 17 heavy (non-hydrogen) atoms. The van der Waals surface area contributed by atoms with Gasteiger partial charge in [0.2, 0.25) is 0 Å². The van der Waals surface area contributed by atoms with Gasteiger partial charge in [-0.25, -0.2) is 0 Å². The van der Waals surface area contributed by atoms with Gasteiger partial charge in [0.1, 0.15) is 0 Å². The van der Waals surface area contributed by atoms with E-state index in [-0.39, 0.29) is 0 Å². The van der Waals surface area contributed by atoms with Gasteiger partial charge in [-0.15, -0.1) is 0 Å². The molecule has 0 saturated heterocycles. The van der Waals surface area contributed by atoms with Crippen LogP contribution in [0, 0.1) is 0 Å². The third-order valence-corrected chi connectivity index (χ3v) is 3.67. The number of nitrogens with zero attached hydrogens (tertiary/aromatic N) is 1. The number of guanidine groups is 1. The molecule has 3 heteroatoms. The van der Waals surface area contributed by atoms with Gasteiger partial charge in [-0.1, -0.05) is 24.3 Å². The van der Waals surface area contributed by atoms with Gasteiger partial charge in [0, 0.05) is 18.5 Å². The van der Waals surface area contributed by atoms with Gasteiger partial charge in [-0.2, -0.15) is 0 Å². The second-order valence-electron chi connectivity index (χ2n) is 5.08. The molecule has 1 atom stereocenters. The van der Waals surface area contributed by atoms with Crippen molar-refractivity contribution >= 4 is 5.96 Å². The van der Waals surface area contributed by atoms with E-state index in [9.17, 15) is 0 Å². The Bertz CT molecular complexity index is 435. The summed E-state index contributed by atoms with van der Waals surface area (Å²) in [6, 6.07) is 9.28. The smallest absolute Gasteiger partial charge is 0.188 e. The van der Waals surface area contributed by atoms with Crippen LogP contribution in [0.3, 0.4) is 0 Å². The predicted molar refractivity (Wildman–Crippen MR) is 70.2 cm³/mol. The zero-order valence-corrected chi connectivity index (χ0v) is 10.0.